The Bertz CT molecular complexity index is 614. The van der Waals surface area contributed by atoms with E-state index in [1.54, 1.807) is 17.5 Å². The first-order valence-corrected chi connectivity index (χ1v) is 8.89. The SMILES string of the molecule is C=C1C(C)=C([P+](=O)OCC)C=CC1C.O=C(O)c1cccs1. The lowest BCUT2D eigenvalue weighted by Crippen LogP contribution is -2.02. The average Bonchev–Trinajstić information content (AvgIpc) is 3.00. The van der Waals surface area contributed by atoms with Crippen LogP contribution < -0.4 is 0 Å². The fourth-order valence-corrected chi connectivity index (χ4v) is 3.33. The molecule has 0 amide bonds. The lowest BCUT2D eigenvalue weighted by Gasteiger charge is -2.14. The van der Waals surface area contributed by atoms with Crippen molar-refractivity contribution >= 4 is 25.3 Å². The van der Waals surface area contributed by atoms with E-state index in [0.717, 1.165) is 16.5 Å². The Morgan fingerprint density at radius 1 is 1.55 bits per heavy atom. The van der Waals surface area contributed by atoms with E-state index >= 15 is 0 Å². The summed E-state index contributed by atoms with van der Waals surface area (Å²) in [5.74, 6) is -0.510. The maximum atomic E-state index is 11.6. The van der Waals surface area contributed by atoms with Crippen molar-refractivity contribution in [2.24, 2.45) is 5.92 Å². The minimum absolute atomic E-state index is 0.337. The maximum absolute atomic E-state index is 11.6. The molecule has 2 unspecified atom stereocenters. The van der Waals surface area contributed by atoms with Crippen LogP contribution in [0.4, 0.5) is 0 Å². The number of allylic oxidation sites excluding steroid dienone is 5. The van der Waals surface area contributed by atoms with E-state index < -0.39 is 14.0 Å². The van der Waals surface area contributed by atoms with Gasteiger partial charge in [-0.25, -0.2) is 4.79 Å². The number of carboxylic acid groups (broad SMARTS) is 1. The number of hydrogen-bond acceptors (Lipinski definition) is 4. The van der Waals surface area contributed by atoms with E-state index in [9.17, 15) is 9.36 Å². The third kappa shape index (κ3) is 5.02. The second-order valence-electron chi connectivity index (χ2n) is 4.64. The molecule has 118 valence electrons. The molecule has 1 aliphatic carbocycles. The fraction of sp³-hybridized carbons (Fsp3) is 0.312. The molecule has 0 bridgehead atoms. The van der Waals surface area contributed by atoms with Crippen molar-refractivity contribution in [1.82, 2.24) is 0 Å². The second kappa shape index (κ2) is 8.79. The van der Waals surface area contributed by atoms with Gasteiger partial charge in [-0.2, -0.15) is 0 Å². The molecule has 1 heterocycles. The summed E-state index contributed by atoms with van der Waals surface area (Å²) in [5.41, 5.74) is 2.04. The lowest BCUT2D eigenvalue weighted by molar-refractivity contribution is 0.0702. The summed E-state index contributed by atoms with van der Waals surface area (Å²) in [6.45, 7) is 10.3. The molecule has 22 heavy (non-hydrogen) atoms. The third-order valence-electron chi connectivity index (χ3n) is 3.13. The Balaban J connectivity index is 0.000000255. The first-order chi connectivity index (χ1) is 10.4. The van der Waals surface area contributed by atoms with Gasteiger partial charge >= 0.3 is 14.0 Å². The van der Waals surface area contributed by atoms with Gasteiger partial charge in [-0.3, -0.25) is 0 Å². The molecule has 2 atom stereocenters. The summed E-state index contributed by atoms with van der Waals surface area (Å²) >= 11 is 1.23. The summed E-state index contributed by atoms with van der Waals surface area (Å²) in [5, 5.41) is 10.8. The normalized spacial score (nSPS) is 17.9. The van der Waals surface area contributed by atoms with Gasteiger partial charge in [-0.05, 0) is 47.4 Å². The molecule has 0 saturated carbocycles. The van der Waals surface area contributed by atoms with E-state index in [0.29, 0.717) is 17.4 Å². The highest BCUT2D eigenvalue weighted by Crippen LogP contribution is 2.42. The van der Waals surface area contributed by atoms with E-state index in [-0.39, 0.29) is 0 Å². The number of carboxylic acids is 1. The van der Waals surface area contributed by atoms with Crippen LogP contribution in [0.25, 0.3) is 0 Å². The predicted octanol–water partition coefficient (Wildman–Crippen LogP) is 5.25. The molecular formula is C16H20O4PS+. The third-order valence-corrected chi connectivity index (χ3v) is 5.36. The van der Waals surface area contributed by atoms with Gasteiger partial charge in [0.2, 0.25) is 5.31 Å². The Morgan fingerprint density at radius 2 is 2.23 bits per heavy atom. The van der Waals surface area contributed by atoms with Gasteiger partial charge in [0.25, 0.3) is 0 Å². The largest absolute Gasteiger partial charge is 0.548 e. The van der Waals surface area contributed by atoms with E-state index in [1.807, 2.05) is 26.0 Å². The van der Waals surface area contributed by atoms with Gasteiger partial charge in [-0.1, -0.05) is 25.6 Å². The molecule has 1 aliphatic rings. The number of aromatic carboxylic acids is 1. The molecule has 0 aliphatic heterocycles. The highest BCUT2D eigenvalue weighted by molar-refractivity contribution is 7.44. The Morgan fingerprint density at radius 3 is 2.68 bits per heavy atom. The van der Waals surface area contributed by atoms with Gasteiger partial charge in [0.05, 0.1) is 0 Å². The minimum Gasteiger partial charge on any atom is -0.477 e. The molecule has 6 heteroatoms. The monoisotopic (exact) mass is 339 g/mol. The smallest absolute Gasteiger partial charge is 0.477 e. The quantitative estimate of drug-likeness (QED) is 0.761. The molecule has 1 aromatic heterocycles. The number of hydrogen-bond donors (Lipinski definition) is 1. The summed E-state index contributed by atoms with van der Waals surface area (Å²) in [7, 11) is -1.70. The van der Waals surface area contributed by atoms with Crippen molar-refractivity contribution < 1.29 is 19.0 Å². The zero-order chi connectivity index (χ0) is 16.7. The minimum atomic E-state index is -1.70. The lowest BCUT2D eigenvalue weighted by atomic mass is 9.92. The Labute approximate surface area is 135 Å². The van der Waals surface area contributed by atoms with Crippen LogP contribution in [0.2, 0.25) is 0 Å². The molecule has 2 rings (SSSR count). The van der Waals surface area contributed by atoms with Crippen LogP contribution in [-0.4, -0.2) is 17.7 Å². The summed E-state index contributed by atoms with van der Waals surface area (Å²) in [6.07, 6.45) is 3.90. The van der Waals surface area contributed by atoms with Crippen molar-refractivity contribution in [1.29, 1.82) is 0 Å². The number of thiophene rings is 1. The highest BCUT2D eigenvalue weighted by atomic mass is 32.1. The predicted molar refractivity (Wildman–Crippen MR) is 90.7 cm³/mol. The summed E-state index contributed by atoms with van der Waals surface area (Å²) in [6, 6.07) is 3.29. The van der Waals surface area contributed by atoms with Crippen molar-refractivity contribution in [3.05, 3.63) is 57.6 Å². The fourth-order valence-electron chi connectivity index (χ4n) is 1.77. The van der Waals surface area contributed by atoms with E-state index in [4.69, 9.17) is 9.63 Å². The van der Waals surface area contributed by atoms with Crippen LogP contribution in [0.1, 0.15) is 30.4 Å². The van der Waals surface area contributed by atoms with Gasteiger partial charge in [0.1, 0.15) is 11.5 Å². The van der Waals surface area contributed by atoms with Gasteiger partial charge in [0.15, 0.2) is 0 Å². The van der Waals surface area contributed by atoms with Gasteiger partial charge < -0.3 is 5.11 Å². The number of rotatable bonds is 4. The molecule has 0 saturated heterocycles. The van der Waals surface area contributed by atoms with E-state index in [1.165, 1.54) is 11.3 Å². The van der Waals surface area contributed by atoms with Crippen LogP contribution in [0.5, 0.6) is 0 Å². The van der Waals surface area contributed by atoms with Crippen LogP contribution in [-0.2, 0) is 9.09 Å². The Hall–Kier alpha value is -1.55. The topological polar surface area (TPSA) is 63.6 Å². The summed E-state index contributed by atoms with van der Waals surface area (Å²) in [4.78, 5) is 10.5. The van der Waals surface area contributed by atoms with Crippen molar-refractivity contribution in [2.45, 2.75) is 20.8 Å². The zero-order valence-corrected chi connectivity index (χ0v) is 14.6. The second-order valence-corrected chi connectivity index (χ2v) is 6.84. The summed E-state index contributed by atoms with van der Waals surface area (Å²) < 4.78 is 16.7. The standard InChI is InChI=1S/C11H16O2P.C5H4O2S/c1-5-13-14(12)11-7-6-8(2)9(3)10(11)4;6-5(7)4-2-1-3-8-4/h6-8H,3,5H2,1-2,4H3;1-3H,(H,6,7)/q+1;. The molecule has 1 N–H and O–H groups in total. The zero-order valence-electron chi connectivity index (χ0n) is 12.9. The molecular weight excluding hydrogens is 319 g/mol. The van der Waals surface area contributed by atoms with Crippen LogP contribution in [0.3, 0.4) is 0 Å². The molecule has 0 aromatic carbocycles. The van der Waals surface area contributed by atoms with Crippen molar-refractivity contribution in [3.8, 4) is 0 Å². The van der Waals surface area contributed by atoms with E-state index in [2.05, 4.69) is 13.5 Å². The van der Waals surface area contributed by atoms with Crippen LogP contribution in [0.15, 0.2) is 52.7 Å². The van der Waals surface area contributed by atoms with Gasteiger partial charge in [-0.15, -0.1) is 15.9 Å². The Kier molecular flexibility index (Phi) is 7.39. The van der Waals surface area contributed by atoms with Crippen LogP contribution >= 0.6 is 19.4 Å². The highest BCUT2D eigenvalue weighted by Gasteiger charge is 2.29. The van der Waals surface area contributed by atoms with Gasteiger partial charge in [0, 0.05) is 5.57 Å². The molecule has 4 nitrogen and oxygen atoms in total. The van der Waals surface area contributed by atoms with Crippen molar-refractivity contribution in [2.75, 3.05) is 6.61 Å². The molecule has 0 radical (unpaired) electrons. The first kappa shape index (κ1) is 18.5. The molecule has 0 fully saturated rings. The number of carbonyl (C=O) groups is 1. The van der Waals surface area contributed by atoms with Crippen molar-refractivity contribution in [3.63, 3.8) is 0 Å². The van der Waals surface area contributed by atoms with Crippen LogP contribution in [0, 0.1) is 5.92 Å². The first-order valence-electron chi connectivity index (χ1n) is 6.83. The molecule has 0 spiro atoms. The molecule has 1 aromatic rings. The average molecular weight is 339 g/mol. The maximum Gasteiger partial charge on any atom is 0.548 e.